The Hall–Kier alpha value is -3.78. The first kappa shape index (κ1) is 17.3. The predicted molar refractivity (Wildman–Crippen MR) is 114 cm³/mol. The summed E-state index contributed by atoms with van der Waals surface area (Å²) in [6.07, 6.45) is 6.72. The molecule has 8 heteroatoms. The van der Waals surface area contributed by atoms with E-state index < -0.39 is 0 Å². The number of rotatable bonds is 5. The van der Waals surface area contributed by atoms with Crippen molar-refractivity contribution in [3.05, 3.63) is 73.6 Å². The lowest BCUT2D eigenvalue weighted by Gasteiger charge is -2.04. The van der Waals surface area contributed by atoms with Crippen LogP contribution >= 0.6 is 11.3 Å². The largest absolute Gasteiger partial charge is 0.495 e. The van der Waals surface area contributed by atoms with Crippen LogP contribution in [0.2, 0.25) is 0 Å². The van der Waals surface area contributed by atoms with Gasteiger partial charge in [0.15, 0.2) is 5.13 Å². The van der Waals surface area contributed by atoms with E-state index in [9.17, 15) is 0 Å². The van der Waals surface area contributed by atoms with Gasteiger partial charge in [0.2, 0.25) is 0 Å². The van der Waals surface area contributed by atoms with Crippen molar-refractivity contribution in [3.63, 3.8) is 0 Å². The molecular weight excluding hydrogens is 384 g/mol. The fourth-order valence-electron chi connectivity index (χ4n) is 3.01. The standard InChI is InChI=1S/C21H16N6OS/c1-28-18-8-15(10-22-11-18)14-2-7-19-20(9-14)29-21(26-19)25-16-3-5-17(6-4-16)27-13-23-12-24-27/h2-13H,1H3,(H,25,26). The fourth-order valence-corrected chi connectivity index (χ4v) is 3.93. The monoisotopic (exact) mass is 400 g/mol. The van der Waals surface area contributed by atoms with Crippen molar-refractivity contribution in [3.8, 4) is 22.6 Å². The number of ether oxygens (including phenoxy) is 1. The smallest absolute Gasteiger partial charge is 0.188 e. The average Bonchev–Trinajstić information content (AvgIpc) is 3.43. The Kier molecular flexibility index (Phi) is 4.38. The molecule has 5 aromatic rings. The third-order valence-corrected chi connectivity index (χ3v) is 5.41. The van der Waals surface area contributed by atoms with Crippen molar-refractivity contribution >= 4 is 32.4 Å². The van der Waals surface area contributed by atoms with Gasteiger partial charge in [0.1, 0.15) is 18.4 Å². The number of hydrogen-bond donors (Lipinski definition) is 1. The molecule has 0 aliphatic carbocycles. The van der Waals surface area contributed by atoms with Crippen LogP contribution in [0.25, 0.3) is 27.0 Å². The van der Waals surface area contributed by atoms with Gasteiger partial charge < -0.3 is 10.1 Å². The van der Waals surface area contributed by atoms with Crippen molar-refractivity contribution in [2.75, 3.05) is 12.4 Å². The number of aromatic nitrogens is 5. The van der Waals surface area contributed by atoms with E-state index in [1.54, 1.807) is 35.7 Å². The van der Waals surface area contributed by atoms with E-state index in [0.29, 0.717) is 0 Å². The molecule has 0 amide bonds. The normalized spacial score (nSPS) is 10.9. The van der Waals surface area contributed by atoms with Crippen LogP contribution in [0.3, 0.4) is 0 Å². The molecule has 0 aliphatic heterocycles. The van der Waals surface area contributed by atoms with Gasteiger partial charge in [-0.3, -0.25) is 4.98 Å². The molecule has 7 nitrogen and oxygen atoms in total. The molecule has 2 aromatic carbocycles. The molecule has 0 bridgehead atoms. The van der Waals surface area contributed by atoms with Gasteiger partial charge in [0.05, 0.1) is 29.2 Å². The molecule has 5 rings (SSSR count). The third kappa shape index (κ3) is 3.53. The molecule has 0 saturated carbocycles. The van der Waals surface area contributed by atoms with Crippen LogP contribution in [0.1, 0.15) is 0 Å². The van der Waals surface area contributed by atoms with Crippen LogP contribution in [-0.4, -0.2) is 31.8 Å². The summed E-state index contributed by atoms with van der Waals surface area (Å²) in [5.41, 5.74) is 4.96. The van der Waals surface area contributed by atoms with E-state index in [4.69, 9.17) is 4.74 Å². The SMILES string of the molecule is COc1cncc(-c2ccc3nc(Nc4ccc(-n5cncn5)cc4)sc3c2)c1. The minimum atomic E-state index is 0.739. The molecule has 0 radical (unpaired) electrons. The second-order valence-corrected chi connectivity index (χ2v) is 7.36. The summed E-state index contributed by atoms with van der Waals surface area (Å²) in [4.78, 5) is 12.9. The Balaban J connectivity index is 1.40. The molecule has 0 atom stereocenters. The zero-order valence-corrected chi connectivity index (χ0v) is 16.3. The summed E-state index contributed by atoms with van der Waals surface area (Å²) >= 11 is 1.61. The van der Waals surface area contributed by atoms with Gasteiger partial charge in [-0.05, 0) is 48.0 Å². The van der Waals surface area contributed by atoms with Crippen molar-refractivity contribution in [2.24, 2.45) is 0 Å². The molecule has 3 aromatic heterocycles. The van der Waals surface area contributed by atoms with Crippen molar-refractivity contribution in [1.29, 1.82) is 0 Å². The van der Waals surface area contributed by atoms with Gasteiger partial charge in [-0.15, -0.1) is 0 Å². The average molecular weight is 400 g/mol. The Morgan fingerprint density at radius 3 is 2.66 bits per heavy atom. The van der Waals surface area contributed by atoms with Crippen molar-refractivity contribution in [1.82, 2.24) is 24.7 Å². The Bertz CT molecular complexity index is 1260. The van der Waals surface area contributed by atoms with Gasteiger partial charge in [-0.25, -0.2) is 14.6 Å². The maximum atomic E-state index is 5.28. The molecule has 29 heavy (non-hydrogen) atoms. The molecule has 3 heterocycles. The van der Waals surface area contributed by atoms with Crippen LogP contribution in [0.4, 0.5) is 10.8 Å². The number of fused-ring (bicyclic) bond motifs is 1. The van der Waals surface area contributed by atoms with Crippen LogP contribution in [0, 0.1) is 0 Å². The van der Waals surface area contributed by atoms with Crippen molar-refractivity contribution < 1.29 is 4.74 Å². The van der Waals surface area contributed by atoms with Crippen LogP contribution < -0.4 is 10.1 Å². The van der Waals surface area contributed by atoms with E-state index in [-0.39, 0.29) is 0 Å². The number of methoxy groups -OCH3 is 1. The number of pyridine rings is 1. The molecule has 0 spiro atoms. The summed E-state index contributed by atoms with van der Waals surface area (Å²) < 4.78 is 8.10. The molecule has 0 aliphatic rings. The topological polar surface area (TPSA) is 77.8 Å². The van der Waals surface area contributed by atoms with Gasteiger partial charge in [0.25, 0.3) is 0 Å². The van der Waals surface area contributed by atoms with Crippen LogP contribution in [0.15, 0.2) is 73.6 Å². The Morgan fingerprint density at radius 1 is 0.966 bits per heavy atom. The third-order valence-electron chi connectivity index (χ3n) is 4.47. The second kappa shape index (κ2) is 7.33. The van der Waals surface area contributed by atoms with Gasteiger partial charge in [-0.2, -0.15) is 5.10 Å². The number of anilines is 2. The molecule has 142 valence electrons. The lowest BCUT2D eigenvalue weighted by Crippen LogP contribution is -1.95. The number of thiazole rings is 1. The number of nitrogens with one attached hydrogen (secondary N) is 1. The zero-order chi connectivity index (χ0) is 19.6. The van der Waals surface area contributed by atoms with Gasteiger partial charge >= 0.3 is 0 Å². The van der Waals surface area contributed by atoms with E-state index in [1.165, 1.54) is 6.33 Å². The quantitative estimate of drug-likeness (QED) is 0.461. The predicted octanol–water partition coefficient (Wildman–Crippen LogP) is 4.69. The molecular formula is C21H16N6OS. The van der Waals surface area contributed by atoms with Gasteiger partial charge in [0, 0.05) is 17.4 Å². The highest BCUT2D eigenvalue weighted by molar-refractivity contribution is 7.22. The maximum Gasteiger partial charge on any atom is 0.188 e. The first-order valence-corrected chi connectivity index (χ1v) is 9.72. The molecule has 0 saturated heterocycles. The summed E-state index contributed by atoms with van der Waals surface area (Å²) in [6.45, 7) is 0. The lowest BCUT2D eigenvalue weighted by atomic mass is 10.1. The second-order valence-electron chi connectivity index (χ2n) is 6.33. The highest BCUT2D eigenvalue weighted by Gasteiger charge is 2.08. The summed E-state index contributed by atoms with van der Waals surface area (Å²) in [5.74, 6) is 0.739. The Labute approximate surface area is 170 Å². The maximum absolute atomic E-state index is 5.28. The zero-order valence-electron chi connectivity index (χ0n) is 15.5. The van der Waals surface area contributed by atoms with E-state index >= 15 is 0 Å². The Morgan fingerprint density at radius 2 is 1.86 bits per heavy atom. The van der Waals surface area contributed by atoms with E-state index in [2.05, 4.69) is 37.5 Å². The highest BCUT2D eigenvalue weighted by atomic mass is 32.1. The van der Waals surface area contributed by atoms with Crippen LogP contribution in [0.5, 0.6) is 5.75 Å². The van der Waals surface area contributed by atoms with E-state index in [0.717, 1.165) is 43.6 Å². The van der Waals surface area contributed by atoms with Crippen molar-refractivity contribution in [2.45, 2.75) is 0 Å². The summed E-state index contributed by atoms with van der Waals surface area (Å²) in [5, 5.41) is 8.35. The van der Waals surface area contributed by atoms with E-state index in [1.807, 2.05) is 42.6 Å². The van der Waals surface area contributed by atoms with Gasteiger partial charge in [-0.1, -0.05) is 17.4 Å². The summed E-state index contributed by atoms with van der Waals surface area (Å²) in [7, 11) is 1.64. The highest BCUT2D eigenvalue weighted by Crippen LogP contribution is 2.32. The number of hydrogen-bond acceptors (Lipinski definition) is 7. The summed E-state index contributed by atoms with van der Waals surface area (Å²) in [6, 6.07) is 16.1. The molecule has 1 N–H and O–H groups in total. The minimum absolute atomic E-state index is 0.739. The number of benzene rings is 2. The number of nitrogens with zero attached hydrogens (tertiary/aromatic N) is 5. The van der Waals surface area contributed by atoms with Crippen LogP contribution in [-0.2, 0) is 0 Å². The molecule has 0 fully saturated rings. The minimum Gasteiger partial charge on any atom is -0.495 e. The first-order chi connectivity index (χ1) is 14.3. The fraction of sp³-hybridized carbons (Fsp3) is 0.0476. The molecule has 0 unspecified atom stereocenters. The first-order valence-electron chi connectivity index (χ1n) is 8.90. The lowest BCUT2D eigenvalue weighted by molar-refractivity contribution is 0.413.